The molecule has 0 atom stereocenters. The third-order valence-corrected chi connectivity index (χ3v) is 20.5. The number of nitrogens with one attached hydrogen (secondary N) is 4. The molecule has 27 heteroatoms. The van der Waals surface area contributed by atoms with Crippen molar-refractivity contribution in [1.29, 1.82) is 0 Å². The highest BCUT2D eigenvalue weighted by Crippen LogP contribution is 2.52. The van der Waals surface area contributed by atoms with Crippen LogP contribution in [-0.4, -0.2) is 135 Å². The number of carbonyl (C=O) groups is 4. The van der Waals surface area contributed by atoms with Crippen molar-refractivity contribution in [3.05, 3.63) is 278 Å². The van der Waals surface area contributed by atoms with Gasteiger partial charge >= 0.3 is 6.18 Å². The van der Waals surface area contributed by atoms with Gasteiger partial charge in [-0.2, -0.15) is 33.6 Å². The van der Waals surface area contributed by atoms with Crippen LogP contribution in [-0.2, 0) is 102 Å². The van der Waals surface area contributed by atoms with Crippen molar-refractivity contribution in [3.63, 3.8) is 0 Å². The number of pyridine rings is 5. The molecular formula is C79H71Cl2F4N17O4. The quantitative estimate of drug-likeness (QED) is 0.0831. The number of rotatable bonds is 12. The molecule has 0 bridgehead atoms. The van der Waals surface area contributed by atoms with Crippen molar-refractivity contribution in [2.75, 3.05) is 26.2 Å². The summed E-state index contributed by atoms with van der Waals surface area (Å²) in [5.41, 5.74) is 17.6. The van der Waals surface area contributed by atoms with E-state index in [1.54, 1.807) is 77.8 Å². The second-order valence-electron chi connectivity index (χ2n) is 26.5. The Labute approximate surface area is 616 Å². The first-order valence-corrected chi connectivity index (χ1v) is 35.4. The first kappa shape index (κ1) is 71.4. The van der Waals surface area contributed by atoms with Gasteiger partial charge in [-0.1, -0.05) is 65.7 Å². The molecule has 4 N–H and O–H groups in total. The van der Waals surface area contributed by atoms with Crippen LogP contribution in [0.1, 0.15) is 91.3 Å². The highest BCUT2D eigenvalue weighted by atomic mass is 35.5. The molecule has 5 aliphatic rings. The lowest BCUT2D eigenvalue weighted by atomic mass is 9.92. The van der Waals surface area contributed by atoms with E-state index in [9.17, 15) is 36.7 Å². The third-order valence-electron chi connectivity index (χ3n) is 19.8. The number of aromatic nitrogens is 13. The Hall–Kier alpha value is -11.6. The maximum atomic E-state index is 14.0. The number of aryl methyl sites for hydroxylation is 1. The predicted octanol–water partition coefficient (Wildman–Crippen LogP) is 13.1. The van der Waals surface area contributed by atoms with Crippen molar-refractivity contribution in [2.45, 2.75) is 102 Å². The Morgan fingerprint density at radius 2 is 0.887 bits per heavy atom. The molecule has 4 aliphatic heterocycles. The smallest absolute Gasteiger partial charge is 0.338 e. The van der Waals surface area contributed by atoms with Gasteiger partial charge in [-0.25, -0.2) is 4.39 Å². The molecule has 538 valence electrons. The zero-order valence-electron chi connectivity index (χ0n) is 57.6. The summed E-state index contributed by atoms with van der Waals surface area (Å²) < 4.78 is 53.6. The Morgan fingerprint density at radius 1 is 0.462 bits per heavy atom. The highest BCUT2D eigenvalue weighted by molar-refractivity contribution is 6.32. The van der Waals surface area contributed by atoms with E-state index in [1.165, 1.54) is 30.3 Å². The van der Waals surface area contributed by atoms with Crippen molar-refractivity contribution < 1.29 is 36.7 Å². The molecule has 1 aliphatic carbocycles. The van der Waals surface area contributed by atoms with Crippen LogP contribution in [0.2, 0.25) is 10.0 Å². The van der Waals surface area contributed by atoms with E-state index in [4.69, 9.17) is 23.2 Å². The van der Waals surface area contributed by atoms with Crippen LogP contribution in [0.25, 0.3) is 45.0 Å². The molecule has 0 spiro atoms. The first-order valence-electron chi connectivity index (χ1n) is 34.7. The van der Waals surface area contributed by atoms with Crippen LogP contribution in [0, 0.1) is 12.7 Å². The molecule has 12 aromatic rings. The monoisotopic (exact) mass is 1470 g/mol. The van der Waals surface area contributed by atoms with Gasteiger partial charge in [0.2, 0.25) is 23.6 Å². The van der Waals surface area contributed by atoms with Crippen molar-refractivity contribution >= 4 is 46.8 Å². The summed E-state index contributed by atoms with van der Waals surface area (Å²) >= 11 is 12.6. The van der Waals surface area contributed by atoms with Crippen LogP contribution < -0.4 is 0 Å². The van der Waals surface area contributed by atoms with E-state index in [0.717, 1.165) is 138 Å². The summed E-state index contributed by atoms with van der Waals surface area (Å²) in [4.78, 5) is 79.0. The average Bonchev–Trinajstić information content (AvgIpc) is 1.57. The number of fused-ring (bicyclic) bond motifs is 4. The van der Waals surface area contributed by atoms with E-state index in [0.29, 0.717) is 76.6 Å². The third kappa shape index (κ3) is 15.8. The zero-order valence-corrected chi connectivity index (χ0v) is 59.1. The molecule has 0 radical (unpaired) electrons. The summed E-state index contributed by atoms with van der Waals surface area (Å²) in [7, 11) is 0. The minimum atomic E-state index is -4.48. The Balaban J connectivity index is 0.000000119. The lowest BCUT2D eigenvalue weighted by Crippen LogP contribution is -2.42. The van der Waals surface area contributed by atoms with E-state index >= 15 is 0 Å². The maximum Gasteiger partial charge on any atom is 0.416 e. The molecule has 13 heterocycles. The fraction of sp³-hybridized carbons (Fsp3) is 0.253. The first-order chi connectivity index (χ1) is 51.5. The number of benzene rings is 3. The number of nitrogens with zero attached hydrogens (tertiary/aromatic N) is 13. The topological polar surface area (TPSA) is 260 Å². The lowest BCUT2D eigenvalue weighted by Gasteiger charge is -2.31. The fourth-order valence-electron chi connectivity index (χ4n) is 14.0. The number of alkyl halides is 3. The average molecular weight is 1470 g/mol. The second-order valence-corrected chi connectivity index (χ2v) is 27.4. The molecule has 3 aromatic carbocycles. The molecule has 106 heavy (non-hydrogen) atoms. The Bertz CT molecular complexity index is 5110. The molecule has 0 saturated heterocycles. The largest absolute Gasteiger partial charge is 0.416 e. The standard InChI is InChI=1S/C22H21ClN4O.C20H17F3N4O.C19H16ClFN4O.C18H17N5O/c1-14-2-3-17(18(23)12-14)22(7-8-22)21(28)27-11-6-19-16(13-27)20(26-25-19)15-4-9-24-10-5-15;21-20(22,23)16-4-2-1-3-14(16)11-18(28)27-10-7-17-15(12-27)19(26-25-17)13-5-8-24-9-6-13;20-15-2-1-3-16(21)13(15)10-18(26)25-9-6-17-14(11-25)19(24-23-17)12-4-7-22-8-5-12;24-17(10-13-2-1-6-20-11-13)23-9-5-16-15(12-23)18(22-21-16)14-3-7-19-8-4-14/h2-5,9-10,12H,6-8,11,13H2,1H3,(H,25,26);1-6,8-9H,7,10-12H2,(H,25,26);1-5,7-8H,6,9-11H2,(H,23,24);1-4,6-8,11H,5,9-10,12H2,(H,21,22). The molecular weight excluding hydrogens is 1400 g/mol. The van der Waals surface area contributed by atoms with E-state index in [2.05, 4.69) is 65.7 Å². The SMILES string of the molecule is Cc1ccc(C2(C(=O)N3CCc4[nH]nc(-c5ccncc5)c4C3)CC2)c(Cl)c1.O=C(Cc1c(F)cccc1Cl)N1CCc2[nH]nc(-c3ccncc3)c2C1.O=C(Cc1ccccc1C(F)(F)F)N1CCc2[nH]nc(-c3ccncc3)c2C1.O=C(Cc1cccnc1)N1CCc2[nH]nc(-c3ccncc3)c2C1. The summed E-state index contributed by atoms with van der Waals surface area (Å²) in [6.45, 7) is 6.36. The molecule has 17 rings (SSSR count). The van der Waals surface area contributed by atoms with Gasteiger partial charge < -0.3 is 19.6 Å². The summed E-state index contributed by atoms with van der Waals surface area (Å²) in [6, 6.07) is 34.7. The molecule has 4 amide bonds. The number of halogens is 6. The minimum absolute atomic E-state index is 0.00709. The summed E-state index contributed by atoms with van der Waals surface area (Å²) in [5, 5.41) is 31.0. The van der Waals surface area contributed by atoms with Gasteiger partial charge in [0.15, 0.2) is 0 Å². The number of H-pyrrole nitrogens is 4. The van der Waals surface area contributed by atoms with Crippen molar-refractivity contribution in [2.24, 2.45) is 0 Å². The molecule has 1 fully saturated rings. The van der Waals surface area contributed by atoms with E-state index in [1.807, 2.05) is 95.6 Å². The number of amides is 4. The zero-order chi connectivity index (χ0) is 73.5. The lowest BCUT2D eigenvalue weighted by molar-refractivity contribution is -0.139. The van der Waals surface area contributed by atoms with Gasteiger partial charge in [0, 0.05) is 223 Å². The highest BCUT2D eigenvalue weighted by Gasteiger charge is 2.54. The fourth-order valence-corrected chi connectivity index (χ4v) is 14.6. The van der Waals surface area contributed by atoms with Crippen LogP contribution in [0.3, 0.4) is 0 Å². The Morgan fingerprint density at radius 3 is 1.30 bits per heavy atom. The molecule has 9 aromatic heterocycles. The summed E-state index contributed by atoms with van der Waals surface area (Å²) in [6.07, 6.45) is 17.4. The van der Waals surface area contributed by atoms with E-state index in [-0.39, 0.29) is 52.6 Å². The molecule has 0 unspecified atom stereocenters. The minimum Gasteiger partial charge on any atom is -0.338 e. The van der Waals surface area contributed by atoms with Gasteiger partial charge in [-0.05, 0) is 121 Å². The Kier molecular flexibility index (Phi) is 21.2. The van der Waals surface area contributed by atoms with Gasteiger partial charge in [0.05, 0.1) is 53.0 Å². The number of hydrogen-bond donors (Lipinski definition) is 4. The van der Waals surface area contributed by atoms with Crippen LogP contribution in [0.5, 0.6) is 0 Å². The van der Waals surface area contributed by atoms with Gasteiger partial charge in [-0.15, -0.1) is 0 Å². The van der Waals surface area contributed by atoms with Crippen LogP contribution in [0.4, 0.5) is 17.6 Å². The molecule has 1 saturated carbocycles. The number of carbonyl (C=O) groups excluding carboxylic acids is 4. The van der Waals surface area contributed by atoms with E-state index < -0.39 is 23.0 Å². The van der Waals surface area contributed by atoms with Gasteiger partial charge in [0.1, 0.15) is 5.82 Å². The van der Waals surface area contributed by atoms with Gasteiger partial charge in [0.25, 0.3) is 0 Å². The van der Waals surface area contributed by atoms with Crippen molar-refractivity contribution in [3.8, 4) is 45.0 Å². The molecule has 21 nitrogen and oxygen atoms in total. The predicted molar refractivity (Wildman–Crippen MR) is 389 cm³/mol. The second kappa shape index (κ2) is 31.4. The normalized spacial score (nSPS) is 14.7. The van der Waals surface area contributed by atoms with Crippen LogP contribution in [0.15, 0.2) is 183 Å². The van der Waals surface area contributed by atoms with Crippen LogP contribution >= 0.6 is 23.2 Å². The number of hydrogen-bond acceptors (Lipinski definition) is 13. The summed E-state index contributed by atoms with van der Waals surface area (Å²) in [5.74, 6) is -0.626. The maximum absolute atomic E-state index is 14.0. The number of aromatic amines is 4. The van der Waals surface area contributed by atoms with Crippen molar-refractivity contribution in [1.82, 2.24) is 85.3 Å². The van der Waals surface area contributed by atoms with Gasteiger partial charge in [-0.3, -0.25) is 64.5 Å².